The van der Waals surface area contributed by atoms with Gasteiger partial charge in [-0.15, -0.1) is 0 Å². The first-order valence-corrected chi connectivity index (χ1v) is 11.0. The Balaban J connectivity index is 2.47. The van der Waals surface area contributed by atoms with E-state index in [1.807, 2.05) is 0 Å². The van der Waals surface area contributed by atoms with E-state index in [1.165, 1.54) is 18.9 Å². The van der Waals surface area contributed by atoms with E-state index >= 15 is 0 Å². The van der Waals surface area contributed by atoms with Crippen LogP contribution in [0.15, 0.2) is 24.3 Å². The summed E-state index contributed by atoms with van der Waals surface area (Å²) in [5.74, 6) is 1.01. The second-order valence-electron chi connectivity index (χ2n) is 6.52. The molecule has 0 aliphatic carbocycles. The van der Waals surface area contributed by atoms with Crippen molar-refractivity contribution in [2.45, 2.75) is 45.3 Å². The summed E-state index contributed by atoms with van der Waals surface area (Å²) in [5, 5.41) is 1.55. The number of ether oxygens (including phenoxy) is 1. The van der Waals surface area contributed by atoms with Gasteiger partial charge >= 0.3 is 0 Å². The van der Waals surface area contributed by atoms with Gasteiger partial charge in [-0.2, -0.15) is 0 Å². The minimum atomic E-state index is -1.24. The minimum absolute atomic E-state index is 0.800. The van der Waals surface area contributed by atoms with E-state index in [4.69, 9.17) is 4.74 Å². The lowest BCUT2D eigenvalue weighted by molar-refractivity contribution is 0.281. The molecule has 3 heteroatoms. The highest BCUT2D eigenvalue weighted by atomic mass is 28.3. The molecule has 0 heterocycles. The van der Waals surface area contributed by atoms with Gasteiger partial charge in [0.2, 0.25) is 0 Å². The van der Waals surface area contributed by atoms with Gasteiger partial charge in [0.05, 0.1) is 14.7 Å². The normalized spacial score (nSPS) is 11.9. The molecule has 0 fully saturated rings. The van der Waals surface area contributed by atoms with Crippen molar-refractivity contribution in [3.63, 3.8) is 0 Å². The molecule has 114 valence electrons. The lowest BCUT2D eigenvalue weighted by atomic mass is 10.3. The molecule has 0 saturated heterocycles. The smallest absolute Gasteiger partial charge is 0.119 e. The Kier molecular flexibility index (Phi) is 7.31. The number of nitrogens with zero attached hydrogens (tertiary/aromatic N) is 1. The Bertz CT molecular complexity index is 373. The molecule has 2 nitrogen and oxygen atoms in total. The monoisotopic (exact) mass is 293 g/mol. The summed E-state index contributed by atoms with van der Waals surface area (Å²) in [4.78, 5) is 2.19. The Morgan fingerprint density at radius 1 is 1.05 bits per heavy atom. The summed E-state index contributed by atoms with van der Waals surface area (Å²) in [6.45, 7) is 9.09. The van der Waals surface area contributed by atoms with Crippen molar-refractivity contribution < 1.29 is 4.74 Å². The third kappa shape index (κ3) is 6.10. The molecule has 0 aliphatic heterocycles. The number of benzene rings is 1. The summed E-state index contributed by atoms with van der Waals surface area (Å²) in [5.41, 5.74) is 0. The number of rotatable bonds is 9. The molecule has 0 radical (unpaired) electrons. The number of hydrogen-bond acceptors (Lipinski definition) is 2. The zero-order chi connectivity index (χ0) is 15.0. The van der Waals surface area contributed by atoms with Crippen LogP contribution < -0.4 is 9.92 Å². The lowest BCUT2D eigenvalue weighted by Crippen LogP contribution is -2.40. The maximum atomic E-state index is 5.79. The molecular weight excluding hydrogens is 262 g/mol. The molecule has 0 unspecified atom stereocenters. The van der Waals surface area contributed by atoms with E-state index in [1.54, 1.807) is 5.19 Å². The lowest BCUT2D eigenvalue weighted by Gasteiger charge is -2.23. The Labute approximate surface area is 126 Å². The van der Waals surface area contributed by atoms with Gasteiger partial charge in [0.15, 0.2) is 0 Å². The van der Waals surface area contributed by atoms with E-state index in [0.717, 1.165) is 25.3 Å². The molecule has 0 amide bonds. The van der Waals surface area contributed by atoms with Crippen LogP contribution in [0.2, 0.25) is 19.1 Å². The van der Waals surface area contributed by atoms with Gasteiger partial charge in [-0.1, -0.05) is 56.2 Å². The molecule has 0 spiro atoms. The first-order chi connectivity index (χ1) is 9.45. The second-order valence-corrected chi connectivity index (χ2v) is 11.4. The first-order valence-electron chi connectivity index (χ1n) is 7.84. The van der Waals surface area contributed by atoms with Crippen LogP contribution in [-0.4, -0.2) is 40.2 Å². The zero-order valence-corrected chi connectivity index (χ0v) is 14.9. The molecule has 0 atom stereocenters. The summed E-state index contributed by atoms with van der Waals surface area (Å²) in [7, 11) is 2.95. The summed E-state index contributed by atoms with van der Waals surface area (Å²) in [6, 6.07) is 10.2. The fourth-order valence-electron chi connectivity index (χ4n) is 2.34. The molecule has 1 aromatic rings. The van der Waals surface area contributed by atoms with Crippen LogP contribution in [0.5, 0.6) is 5.75 Å². The van der Waals surface area contributed by atoms with Crippen molar-refractivity contribution in [1.29, 1.82) is 0 Å². The highest BCUT2D eigenvalue weighted by molar-refractivity contribution is 6.89. The Morgan fingerprint density at radius 3 is 2.25 bits per heavy atom. The average Bonchev–Trinajstić information content (AvgIpc) is 2.42. The summed E-state index contributed by atoms with van der Waals surface area (Å²) < 4.78 is 5.79. The van der Waals surface area contributed by atoms with E-state index < -0.39 is 8.07 Å². The maximum Gasteiger partial charge on any atom is 0.119 e. The quantitative estimate of drug-likeness (QED) is 0.508. The molecule has 20 heavy (non-hydrogen) atoms. The van der Waals surface area contributed by atoms with Crippen molar-refractivity contribution >= 4 is 13.3 Å². The van der Waals surface area contributed by atoms with E-state index in [-0.39, 0.29) is 0 Å². The van der Waals surface area contributed by atoms with Crippen LogP contribution in [0.1, 0.15) is 26.2 Å². The first kappa shape index (κ1) is 17.2. The van der Waals surface area contributed by atoms with Crippen LogP contribution in [0, 0.1) is 0 Å². The topological polar surface area (TPSA) is 12.5 Å². The van der Waals surface area contributed by atoms with Crippen LogP contribution in [0.4, 0.5) is 0 Å². The largest absolute Gasteiger partial charge is 0.494 e. The SMILES string of the molecule is CCCC[Si](C)(C)c1ccc(OCCCN(C)C)cc1. The second kappa shape index (κ2) is 8.48. The van der Waals surface area contributed by atoms with Crippen LogP contribution in [-0.2, 0) is 0 Å². The molecule has 0 N–H and O–H groups in total. The number of hydrogen-bond donors (Lipinski definition) is 0. The fraction of sp³-hybridized carbons (Fsp3) is 0.647. The number of unbranched alkanes of at least 4 members (excludes halogenated alkanes) is 1. The highest BCUT2D eigenvalue weighted by Crippen LogP contribution is 2.16. The van der Waals surface area contributed by atoms with E-state index in [9.17, 15) is 0 Å². The van der Waals surface area contributed by atoms with Crippen LogP contribution in [0.3, 0.4) is 0 Å². The highest BCUT2D eigenvalue weighted by Gasteiger charge is 2.22. The van der Waals surface area contributed by atoms with Crippen molar-refractivity contribution in [1.82, 2.24) is 4.90 Å². The van der Waals surface area contributed by atoms with Crippen molar-refractivity contribution in [2.75, 3.05) is 27.2 Å². The third-order valence-corrected chi connectivity index (χ3v) is 7.31. The molecule has 1 rings (SSSR count). The molecule has 0 bridgehead atoms. The molecule has 0 saturated carbocycles. The standard InChI is InChI=1S/C17H31NOSi/c1-6-7-15-20(4,5)17-11-9-16(10-12-17)19-14-8-13-18(2)3/h9-12H,6-8,13-15H2,1-5H3. The van der Waals surface area contributed by atoms with Crippen molar-refractivity contribution in [3.05, 3.63) is 24.3 Å². The predicted octanol–water partition coefficient (Wildman–Crippen LogP) is 3.73. The average molecular weight is 294 g/mol. The van der Waals surface area contributed by atoms with Crippen molar-refractivity contribution in [3.8, 4) is 5.75 Å². The van der Waals surface area contributed by atoms with Gasteiger partial charge in [-0.05, 0) is 32.6 Å². The maximum absolute atomic E-state index is 5.79. The molecule has 0 aliphatic rings. The van der Waals surface area contributed by atoms with Crippen LogP contribution >= 0.6 is 0 Å². The Morgan fingerprint density at radius 2 is 1.70 bits per heavy atom. The van der Waals surface area contributed by atoms with Gasteiger partial charge in [0, 0.05) is 6.54 Å². The Hall–Kier alpha value is -0.803. The zero-order valence-electron chi connectivity index (χ0n) is 13.9. The van der Waals surface area contributed by atoms with Crippen LogP contribution in [0.25, 0.3) is 0 Å². The molecular formula is C17H31NOSi. The predicted molar refractivity (Wildman–Crippen MR) is 91.9 cm³/mol. The van der Waals surface area contributed by atoms with Gasteiger partial charge in [0.1, 0.15) is 5.75 Å². The van der Waals surface area contributed by atoms with Crippen molar-refractivity contribution in [2.24, 2.45) is 0 Å². The molecule has 1 aromatic carbocycles. The summed E-state index contributed by atoms with van der Waals surface area (Å²) in [6.07, 6.45) is 3.72. The fourth-order valence-corrected chi connectivity index (χ4v) is 4.93. The third-order valence-electron chi connectivity index (χ3n) is 3.81. The van der Waals surface area contributed by atoms with Gasteiger partial charge in [-0.25, -0.2) is 0 Å². The van der Waals surface area contributed by atoms with E-state index in [0.29, 0.717) is 0 Å². The van der Waals surface area contributed by atoms with Gasteiger partial charge in [-0.3, -0.25) is 0 Å². The van der Waals surface area contributed by atoms with Gasteiger partial charge in [0.25, 0.3) is 0 Å². The van der Waals surface area contributed by atoms with E-state index in [2.05, 4.69) is 63.3 Å². The van der Waals surface area contributed by atoms with Gasteiger partial charge < -0.3 is 9.64 Å². The summed E-state index contributed by atoms with van der Waals surface area (Å²) >= 11 is 0. The molecule has 0 aromatic heterocycles. The minimum Gasteiger partial charge on any atom is -0.494 e.